The fraction of sp³-hybridized carbons (Fsp3) is 0.105. The van der Waals surface area contributed by atoms with E-state index in [9.17, 15) is 18.0 Å². The molecule has 8 heteroatoms. The number of nitrogens with one attached hydrogen (secondary N) is 1. The highest BCUT2D eigenvalue weighted by Crippen LogP contribution is 2.23. The third kappa shape index (κ3) is 4.41. The van der Waals surface area contributed by atoms with Gasteiger partial charge in [0.25, 0.3) is 0 Å². The summed E-state index contributed by atoms with van der Waals surface area (Å²) in [7, 11) is 1.55. The van der Waals surface area contributed by atoms with Crippen molar-refractivity contribution in [2.45, 2.75) is 6.42 Å². The Hall–Kier alpha value is -3.42. The van der Waals surface area contributed by atoms with Gasteiger partial charge in [0.15, 0.2) is 17.5 Å². The number of benzene rings is 2. The highest BCUT2D eigenvalue weighted by Gasteiger charge is 2.13. The summed E-state index contributed by atoms with van der Waals surface area (Å²) in [6, 6.07) is 10.3. The fourth-order valence-corrected chi connectivity index (χ4v) is 2.45. The maximum atomic E-state index is 13.2. The Morgan fingerprint density at radius 2 is 1.81 bits per heavy atom. The molecule has 0 saturated heterocycles. The van der Waals surface area contributed by atoms with Crippen LogP contribution in [0.25, 0.3) is 11.3 Å². The summed E-state index contributed by atoms with van der Waals surface area (Å²) >= 11 is 0. The Morgan fingerprint density at radius 3 is 2.52 bits per heavy atom. The smallest absolute Gasteiger partial charge is 0.229 e. The minimum absolute atomic E-state index is 0.00553. The van der Waals surface area contributed by atoms with Crippen LogP contribution in [-0.2, 0) is 11.2 Å². The number of aromatic nitrogens is 2. The van der Waals surface area contributed by atoms with Crippen LogP contribution in [0.2, 0.25) is 0 Å². The van der Waals surface area contributed by atoms with Crippen molar-refractivity contribution >= 4 is 11.7 Å². The molecule has 0 saturated carbocycles. The third-order valence-corrected chi connectivity index (χ3v) is 3.71. The van der Waals surface area contributed by atoms with Gasteiger partial charge in [-0.1, -0.05) is 12.1 Å². The van der Waals surface area contributed by atoms with Crippen LogP contribution in [0.1, 0.15) is 5.56 Å². The molecule has 3 rings (SSSR count). The molecule has 3 aromatic rings. The van der Waals surface area contributed by atoms with Crippen LogP contribution < -0.4 is 10.1 Å². The van der Waals surface area contributed by atoms with Crippen molar-refractivity contribution in [3.05, 3.63) is 71.8 Å². The number of amides is 1. The largest absolute Gasteiger partial charge is 0.497 e. The lowest BCUT2D eigenvalue weighted by Crippen LogP contribution is -2.16. The minimum Gasteiger partial charge on any atom is -0.497 e. The van der Waals surface area contributed by atoms with Crippen LogP contribution in [-0.4, -0.2) is 23.0 Å². The number of hydrogen-bond donors (Lipinski definition) is 1. The highest BCUT2D eigenvalue weighted by atomic mass is 19.2. The van der Waals surface area contributed by atoms with Crippen LogP contribution in [0.15, 0.2) is 48.8 Å². The third-order valence-electron chi connectivity index (χ3n) is 3.71. The van der Waals surface area contributed by atoms with Gasteiger partial charge < -0.3 is 10.1 Å². The number of halogens is 3. The topological polar surface area (TPSA) is 64.1 Å². The monoisotopic (exact) mass is 373 g/mol. The summed E-state index contributed by atoms with van der Waals surface area (Å²) in [6.07, 6.45) is 0.939. The average Bonchev–Trinajstić information content (AvgIpc) is 2.66. The van der Waals surface area contributed by atoms with Gasteiger partial charge in [0, 0.05) is 11.6 Å². The Morgan fingerprint density at radius 1 is 1.07 bits per heavy atom. The SMILES string of the molecule is COc1cccc(-c2cc(NC(=O)Cc3cc(F)c(F)c(F)c3)ncn2)c1. The van der Waals surface area contributed by atoms with E-state index in [0.29, 0.717) is 11.4 Å². The molecule has 5 nitrogen and oxygen atoms in total. The van der Waals surface area contributed by atoms with Gasteiger partial charge in [0.05, 0.1) is 19.2 Å². The predicted octanol–water partition coefficient (Wildman–Crippen LogP) is 3.75. The molecule has 0 bridgehead atoms. The summed E-state index contributed by atoms with van der Waals surface area (Å²) in [6.45, 7) is 0. The first-order valence-corrected chi connectivity index (χ1v) is 7.86. The summed E-state index contributed by atoms with van der Waals surface area (Å²) in [5, 5.41) is 2.52. The molecule has 0 radical (unpaired) electrons. The first kappa shape index (κ1) is 18.4. The lowest BCUT2D eigenvalue weighted by molar-refractivity contribution is -0.115. The molecule has 138 valence electrons. The number of carbonyl (C=O) groups is 1. The highest BCUT2D eigenvalue weighted by molar-refractivity contribution is 5.91. The molecular weight excluding hydrogens is 359 g/mol. The van der Waals surface area contributed by atoms with Crippen molar-refractivity contribution in [1.82, 2.24) is 9.97 Å². The van der Waals surface area contributed by atoms with Gasteiger partial charge in [-0.25, -0.2) is 23.1 Å². The van der Waals surface area contributed by atoms with Crippen molar-refractivity contribution in [2.75, 3.05) is 12.4 Å². The van der Waals surface area contributed by atoms with E-state index < -0.39 is 23.4 Å². The number of carbonyl (C=O) groups excluding carboxylic acids is 1. The van der Waals surface area contributed by atoms with E-state index in [1.165, 1.54) is 6.33 Å². The first-order valence-electron chi connectivity index (χ1n) is 7.86. The van der Waals surface area contributed by atoms with Gasteiger partial charge >= 0.3 is 0 Å². The maximum absolute atomic E-state index is 13.2. The quantitative estimate of drug-likeness (QED) is 0.692. The van der Waals surface area contributed by atoms with E-state index in [1.807, 2.05) is 6.07 Å². The predicted molar refractivity (Wildman–Crippen MR) is 92.7 cm³/mol. The molecule has 0 aliphatic heterocycles. The molecule has 1 heterocycles. The van der Waals surface area contributed by atoms with Gasteiger partial charge in [0.1, 0.15) is 17.9 Å². The molecule has 0 fully saturated rings. The van der Waals surface area contributed by atoms with Gasteiger partial charge in [-0.05, 0) is 29.8 Å². The van der Waals surface area contributed by atoms with Crippen molar-refractivity contribution in [3.8, 4) is 17.0 Å². The van der Waals surface area contributed by atoms with E-state index >= 15 is 0 Å². The Balaban J connectivity index is 1.75. The lowest BCUT2D eigenvalue weighted by atomic mass is 10.1. The number of rotatable bonds is 5. The molecule has 0 spiro atoms. The molecule has 1 aromatic heterocycles. The minimum atomic E-state index is -1.57. The van der Waals surface area contributed by atoms with Crippen molar-refractivity contribution in [3.63, 3.8) is 0 Å². The van der Waals surface area contributed by atoms with Crippen molar-refractivity contribution < 1.29 is 22.7 Å². The second-order valence-electron chi connectivity index (χ2n) is 5.62. The maximum Gasteiger partial charge on any atom is 0.229 e. The second-order valence-corrected chi connectivity index (χ2v) is 5.62. The van der Waals surface area contributed by atoms with E-state index in [2.05, 4.69) is 15.3 Å². The average molecular weight is 373 g/mol. The standard InChI is InChI=1S/C19H14F3N3O2/c1-27-13-4-2-3-12(8-13)16-9-17(24-10-23-16)25-18(26)7-11-5-14(20)19(22)15(21)6-11/h2-6,8-10H,7H2,1H3,(H,23,24,25,26). The summed E-state index contributed by atoms with van der Waals surface area (Å²) in [4.78, 5) is 20.2. The van der Waals surface area contributed by atoms with Crippen LogP contribution in [0, 0.1) is 17.5 Å². The lowest BCUT2D eigenvalue weighted by Gasteiger charge is -2.08. The molecular formula is C19H14F3N3O2. The molecule has 2 aromatic carbocycles. The van der Waals surface area contributed by atoms with E-state index in [-0.39, 0.29) is 17.8 Å². The van der Waals surface area contributed by atoms with Gasteiger partial charge in [-0.15, -0.1) is 0 Å². The molecule has 1 N–H and O–H groups in total. The molecule has 0 unspecified atom stereocenters. The molecule has 27 heavy (non-hydrogen) atoms. The van der Waals surface area contributed by atoms with Crippen molar-refractivity contribution in [1.29, 1.82) is 0 Å². The normalized spacial score (nSPS) is 10.5. The zero-order valence-corrected chi connectivity index (χ0v) is 14.2. The van der Waals surface area contributed by atoms with E-state index in [1.54, 1.807) is 31.4 Å². The summed E-state index contributed by atoms with van der Waals surface area (Å²) < 4.78 is 44.6. The van der Waals surface area contributed by atoms with Gasteiger partial charge in [0.2, 0.25) is 5.91 Å². The number of nitrogens with zero attached hydrogens (tertiary/aromatic N) is 2. The Labute approximate surface area is 152 Å². The van der Waals surface area contributed by atoms with Gasteiger partial charge in [-0.2, -0.15) is 0 Å². The number of hydrogen-bond acceptors (Lipinski definition) is 4. The van der Waals surface area contributed by atoms with Crippen LogP contribution in [0.5, 0.6) is 5.75 Å². The zero-order valence-electron chi connectivity index (χ0n) is 14.2. The van der Waals surface area contributed by atoms with E-state index in [0.717, 1.165) is 17.7 Å². The number of methoxy groups -OCH3 is 1. The molecule has 1 amide bonds. The first-order chi connectivity index (χ1) is 13.0. The van der Waals surface area contributed by atoms with Crippen LogP contribution >= 0.6 is 0 Å². The number of anilines is 1. The number of ether oxygens (including phenoxy) is 1. The van der Waals surface area contributed by atoms with E-state index in [4.69, 9.17) is 4.74 Å². The second kappa shape index (κ2) is 7.86. The Kier molecular flexibility index (Phi) is 5.35. The summed E-state index contributed by atoms with van der Waals surface area (Å²) in [5.74, 6) is -3.96. The van der Waals surface area contributed by atoms with Crippen LogP contribution in [0.4, 0.5) is 19.0 Å². The zero-order chi connectivity index (χ0) is 19.4. The Bertz CT molecular complexity index is 972. The summed E-state index contributed by atoms with van der Waals surface area (Å²) in [5.41, 5.74) is 1.32. The fourth-order valence-electron chi connectivity index (χ4n) is 2.45. The van der Waals surface area contributed by atoms with Crippen molar-refractivity contribution in [2.24, 2.45) is 0 Å². The molecule has 0 aliphatic carbocycles. The molecule has 0 aliphatic rings. The van der Waals surface area contributed by atoms with Gasteiger partial charge in [-0.3, -0.25) is 4.79 Å². The molecule has 0 atom stereocenters. The van der Waals surface area contributed by atoms with Crippen LogP contribution in [0.3, 0.4) is 0 Å².